The smallest absolute Gasteiger partial charge is 0.254 e. The van der Waals surface area contributed by atoms with Crippen molar-refractivity contribution in [1.82, 2.24) is 15.5 Å². The molecule has 3 amide bonds. The minimum absolute atomic E-state index is 0.00825. The van der Waals surface area contributed by atoms with Crippen molar-refractivity contribution in [1.29, 1.82) is 0 Å². The van der Waals surface area contributed by atoms with E-state index in [2.05, 4.69) is 17.2 Å². The Bertz CT molecular complexity index is 1170. The first kappa shape index (κ1) is 28.3. The fourth-order valence-electron chi connectivity index (χ4n) is 4.46. The maximum atomic E-state index is 13.6. The summed E-state index contributed by atoms with van der Waals surface area (Å²) >= 11 is 1.45. The Labute approximate surface area is 222 Å². The normalized spacial score (nSPS) is 18.1. The largest absolute Gasteiger partial charge is 0.508 e. The second kappa shape index (κ2) is 11.8. The van der Waals surface area contributed by atoms with Gasteiger partial charge in [-0.25, -0.2) is 0 Å². The van der Waals surface area contributed by atoms with Crippen LogP contribution >= 0.6 is 11.8 Å². The maximum absolute atomic E-state index is 13.6. The van der Waals surface area contributed by atoms with Crippen molar-refractivity contribution in [2.75, 3.05) is 12.4 Å². The Morgan fingerprint density at radius 3 is 2.54 bits per heavy atom. The molecule has 0 aliphatic carbocycles. The highest BCUT2D eigenvalue weighted by Crippen LogP contribution is 2.39. The van der Waals surface area contributed by atoms with Crippen LogP contribution < -0.4 is 10.6 Å². The highest BCUT2D eigenvalue weighted by molar-refractivity contribution is 8.00. The van der Waals surface area contributed by atoms with Crippen LogP contribution in [0.4, 0.5) is 0 Å². The average molecular weight is 526 g/mol. The molecule has 0 spiro atoms. The fraction of sp³-hybridized carbons (Fsp3) is 0.393. The van der Waals surface area contributed by atoms with E-state index >= 15 is 0 Å². The molecule has 1 aliphatic rings. The van der Waals surface area contributed by atoms with E-state index < -0.39 is 34.7 Å². The number of nitrogens with zero attached hydrogens (tertiary/aromatic N) is 1. The minimum atomic E-state index is -1.60. The molecule has 9 heteroatoms. The zero-order valence-electron chi connectivity index (χ0n) is 21.7. The molecule has 0 aromatic heterocycles. The van der Waals surface area contributed by atoms with Crippen LogP contribution in [0.25, 0.3) is 0 Å². The van der Waals surface area contributed by atoms with Crippen molar-refractivity contribution in [3.05, 3.63) is 77.4 Å². The number of hydrogen-bond donors (Lipinski definition) is 4. The van der Waals surface area contributed by atoms with Gasteiger partial charge >= 0.3 is 0 Å². The summed E-state index contributed by atoms with van der Waals surface area (Å²) in [5.74, 6) is -1.26. The summed E-state index contributed by atoms with van der Waals surface area (Å²) in [4.78, 5) is 41.2. The number of phenols is 1. The van der Waals surface area contributed by atoms with Gasteiger partial charge in [0.1, 0.15) is 11.8 Å². The van der Waals surface area contributed by atoms with Crippen LogP contribution in [-0.4, -0.2) is 68.2 Å². The van der Waals surface area contributed by atoms with Crippen molar-refractivity contribution in [2.24, 2.45) is 0 Å². The summed E-state index contributed by atoms with van der Waals surface area (Å²) in [6.45, 7) is 11.0. The van der Waals surface area contributed by atoms with Crippen LogP contribution in [0, 0.1) is 13.8 Å². The molecule has 198 valence electrons. The molecule has 0 saturated carbocycles. The topological polar surface area (TPSA) is 119 Å². The SMILES string of the molecule is C=CCNC(=O)C1N(C(=O)[C@@H](O)[C@H](Cc2ccccc2)NC(=O)c2cc(C)cc(O)c2C)CSC1(C)C. The van der Waals surface area contributed by atoms with Crippen molar-refractivity contribution in [3.63, 3.8) is 0 Å². The van der Waals surface area contributed by atoms with Crippen LogP contribution in [-0.2, 0) is 16.0 Å². The van der Waals surface area contributed by atoms with Crippen LogP contribution in [0.15, 0.2) is 55.1 Å². The lowest BCUT2D eigenvalue weighted by molar-refractivity contribution is -0.147. The predicted molar refractivity (Wildman–Crippen MR) is 145 cm³/mol. The third-order valence-corrected chi connectivity index (χ3v) is 7.89. The van der Waals surface area contributed by atoms with E-state index in [1.807, 2.05) is 44.2 Å². The van der Waals surface area contributed by atoms with E-state index in [-0.39, 0.29) is 36.1 Å². The zero-order valence-corrected chi connectivity index (χ0v) is 22.5. The Balaban J connectivity index is 1.90. The number of aromatic hydroxyl groups is 1. The monoisotopic (exact) mass is 525 g/mol. The number of phenolic OH excluding ortho intramolecular Hbond substituents is 1. The summed E-state index contributed by atoms with van der Waals surface area (Å²) in [6.07, 6.45) is 0.144. The predicted octanol–water partition coefficient (Wildman–Crippen LogP) is 2.69. The van der Waals surface area contributed by atoms with E-state index in [0.717, 1.165) is 5.56 Å². The van der Waals surface area contributed by atoms with Gasteiger partial charge in [0.05, 0.1) is 11.9 Å². The number of aliphatic hydroxyl groups is 1. The number of carbonyl (C=O) groups is 3. The third kappa shape index (κ3) is 6.53. The minimum Gasteiger partial charge on any atom is -0.508 e. The Morgan fingerprint density at radius 1 is 1.22 bits per heavy atom. The zero-order chi connectivity index (χ0) is 27.3. The number of carbonyl (C=O) groups excluding carboxylic acids is 3. The van der Waals surface area contributed by atoms with Gasteiger partial charge < -0.3 is 25.7 Å². The van der Waals surface area contributed by atoms with Crippen molar-refractivity contribution in [2.45, 2.75) is 57.1 Å². The lowest BCUT2D eigenvalue weighted by atomic mass is 9.96. The van der Waals surface area contributed by atoms with E-state index in [4.69, 9.17) is 0 Å². The van der Waals surface area contributed by atoms with E-state index in [0.29, 0.717) is 11.1 Å². The third-order valence-electron chi connectivity index (χ3n) is 6.52. The first-order chi connectivity index (χ1) is 17.5. The Morgan fingerprint density at radius 2 is 1.89 bits per heavy atom. The van der Waals surface area contributed by atoms with Gasteiger partial charge in [-0.3, -0.25) is 14.4 Å². The number of nitrogens with one attached hydrogen (secondary N) is 2. The number of hydrogen-bond acceptors (Lipinski definition) is 6. The number of aryl methyl sites for hydroxylation is 1. The maximum Gasteiger partial charge on any atom is 0.254 e. The lowest BCUT2D eigenvalue weighted by Gasteiger charge is -2.33. The van der Waals surface area contributed by atoms with Gasteiger partial charge in [0.25, 0.3) is 11.8 Å². The van der Waals surface area contributed by atoms with Crippen LogP contribution in [0.5, 0.6) is 5.75 Å². The van der Waals surface area contributed by atoms with Gasteiger partial charge in [-0.1, -0.05) is 36.4 Å². The molecule has 1 unspecified atom stereocenters. The molecule has 8 nitrogen and oxygen atoms in total. The van der Waals surface area contributed by atoms with Crippen molar-refractivity contribution < 1.29 is 24.6 Å². The second-order valence-corrected chi connectivity index (χ2v) is 11.4. The molecule has 37 heavy (non-hydrogen) atoms. The summed E-state index contributed by atoms with van der Waals surface area (Å²) in [5.41, 5.74) is 2.18. The quantitative estimate of drug-likeness (QED) is 0.374. The summed E-state index contributed by atoms with van der Waals surface area (Å²) < 4.78 is -0.574. The molecular formula is C28H35N3O5S. The molecule has 0 bridgehead atoms. The summed E-state index contributed by atoms with van der Waals surface area (Å²) in [5, 5.41) is 27.1. The fourth-order valence-corrected chi connectivity index (χ4v) is 5.60. The molecule has 3 rings (SSSR count). The molecule has 1 saturated heterocycles. The number of aliphatic hydroxyl groups excluding tert-OH is 1. The molecule has 0 radical (unpaired) electrons. The average Bonchev–Trinajstić information content (AvgIpc) is 3.18. The number of thioether (sulfide) groups is 1. The standard InChI is InChI=1S/C28H35N3O5S/c1-6-12-29-26(35)24-28(4,5)37-16-31(24)27(36)23(33)21(15-19-10-8-7-9-11-19)30-25(34)20-13-17(2)14-22(32)18(20)3/h6-11,13-14,21,23-24,32-33H,1,12,15-16H2,2-5H3,(H,29,35)(H,30,34)/t21-,23-,24?/m0/s1. The molecule has 1 aliphatic heterocycles. The lowest BCUT2D eigenvalue weighted by Crippen LogP contribution is -2.58. The van der Waals surface area contributed by atoms with E-state index in [1.54, 1.807) is 32.1 Å². The van der Waals surface area contributed by atoms with Gasteiger partial charge in [0.15, 0.2) is 6.10 Å². The number of benzene rings is 2. The van der Waals surface area contributed by atoms with Gasteiger partial charge in [-0.05, 0) is 57.4 Å². The number of rotatable bonds is 9. The van der Waals surface area contributed by atoms with Crippen LogP contribution in [0.2, 0.25) is 0 Å². The van der Waals surface area contributed by atoms with E-state index in [1.165, 1.54) is 16.7 Å². The highest BCUT2D eigenvalue weighted by atomic mass is 32.2. The molecule has 3 atom stereocenters. The van der Waals surface area contributed by atoms with Crippen LogP contribution in [0.1, 0.15) is 40.9 Å². The van der Waals surface area contributed by atoms with Gasteiger partial charge in [-0.2, -0.15) is 0 Å². The Kier molecular flexibility index (Phi) is 9.04. The summed E-state index contributed by atoms with van der Waals surface area (Å²) in [6, 6.07) is 10.7. The molecule has 4 N–H and O–H groups in total. The second-order valence-electron chi connectivity index (χ2n) is 9.79. The van der Waals surface area contributed by atoms with Crippen LogP contribution in [0.3, 0.4) is 0 Å². The first-order valence-electron chi connectivity index (χ1n) is 12.1. The molecule has 1 fully saturated rings. The number of amides is 3. The van der Waals surface area contributed by atoms with Crippen molar-refractivity contribution in [3.8, 4) is 5.75 Å². The van der Waals surface area contributed by atoms with Gasteiger partial charge in [0.2, 0.25) is 5.91 Å². The van der Waals surface area contributed by atoms with Gasteiger partial charge in [0, 0.05) is 22.4 Å². The molecule has 1 heterocycles. The van der Waals surface area contributed by atoms with E-state index in [9.17, 15) is 24.6 Å². The molecule has 2 aromatic carbocycles. The van der Waals surface area contributed by atoms with Gasteiger partial charge in [-0.15, -0.1) is 18.3 Å². The van der Waals surface area contributed by atoms with Crippen molar-refractivity contribution >= 4 is 29.5 Å². The summed E-state index contributed by atoms with van der Waals surface area (Å²) in [7, 11) is 0. The Hall–Kier alpha value is -3.30. The molecular weight excluding hydrogens is 490 g/mol. The highest BCUT2D eigenvalue weighted by Gasteiger charge is 2.49. The first-order valence-corrected chi connectivity index (χ1v) is 13.1. The molecule has 2 aromatic rings.